The maximum atomic E-state index is 10.9. The first-order valence-electron chi connectivity index (χ1n) is 6.27. The van der Waals surface area contributed by atoms with Gasteiger partial charge in [-0.1, -0.05) is 0 Å². The van der Waals surface area contributed by atoms with Gasteiger partial charge in [0, 0.05) is 24.8 Å². The van der Waals surface area contributed by atoms with Gasteiger partial charge in [-0.05, 0) is 44.0 Å². The van der Waals surface area contributed by atoms with Crippen LogP contribution in [0.3, 0.4) is 0 Å². The Morgan fingerprint density at radius 3 is 2.89 bits per heavy atom. The lowest BCUT2D eigenvalue weighted by Crippen LogP contribution is -2.20. The maximum Gasteiger partial charge on any atom is 0.335 e. The van der Waals surface area contributed by atoms with E-state index in [0.717, 1.165) is 30.8 Å². The molecule has 0 spiro atoms. The molecule has 2 unspecified atom stereocenters. The Morgan fingerprint density at radius 2 is 2.33 bits per heavy atom. The van der Waals surface area contributed by atoms with Crippen molar-refractivity contribution in [1.82, 2.24) is 0 Å². The number of carbonyl (C=O) groups is 1. The smallest absolute Gasteiger partial charge is 0.335 e. The summed E-state index contributed by atoms with van der Waals surface area (Å²) in [7, 11) is 0. The van der Waals surface area contributed by atoms with Crippen LogP contribution in [0.15, 0.2) is 18.2 Å². The molecule has 1 saturated heterocycles. The molecule has 0 aromatic heterocycles. The number of anilines is 1. The van der Waals surface area contributed by atoms with Gasteiger partial charge in [-0.25, -0.2) is 4.79 Å². The monoisotopic (exact) mass is 249 g/mol. The highest BCUT2D eigenvalue weighted by Gasteiger charge is 2.23. The molecule has 1 aromatic rings. The number of hydrogen-bond acceptors (Lipinski definition) is 3. The van der Waals surface area contributed by atoms with Crippen molar-refractivity contribution < 1.29 is 14.6 Å². The minimum absolute atomic E-state index is 0.303. The standard InChI is InChI=1S/C14H19NO3/c1-9-7-12(3-4-13(9)14(16)17)15-8-11-5-6-18-10(11)2/h3-4,7,10-11,15H,5-6,8H2,1-2H3,(H,16,17). The number of rotatable bonds is 4. The molecule has 1 aliphatic heterocycles. The SMILES string of the molecule is Cc1cc(NCC2CCOC2C)ccc1C(=O)O. The van der Waals surface area contributed by atoms with E-state index in [2.05, 4.69) is 12.2 Å². The molecular weight excluding hydrogens is 230 g/mol. The van der Waals surface area contributed by atoms with Gasteiger partial charge in [0.15, 0.2) is 0 Å². The Balaban J connectivity index is 1.98. The van der Waals surface area contributed by atoms with Crippen molar-refractivity contribution in [2.24, 2.45) is 5.92 Å². The van der Waals surface area contributed by atoms with E-state index in [9.17, 15) is 4.79 Å². The van der Waals surface area contributed by atoms with Crippen molar-refractivity contribution in [2.45, 2.75) is 26.4 Å². The Kier molecular flexibility index (Phi) is 3.87. The van der Waals surface area contributed by atoms with Crippen molar-refractivity contribution in [1.29, 1.82) is 0 Å². The molecule has 0 bridgehead atoms. The maximum absolute atomic E-state index is 10.9. The average Bonchev–Trinajstić information content (AvgIpc) is 2.72. The normalized spacial score (nSPS) is 23.0. The van der Waals surface area contributed by atoms with E-state index >= 15 is 0 Å². The van der Waals surface area contributed by atoms with Crippen LogP contribution in [0.1, 0.15) is 29.3 Å². The van der Waals surface area contributed by atoms with Gasteiger partial charge in [0.05, 0.1) is 11.7 Å². The van der Waals surface area contributed by atoms with Gasteiger partial charge in [-0.15, -0.1) is 0 Å². The van der Waals surface area contributed by atoms with Crippen LogP contribution in [0.4, 0.5) is 5.69 Å². The summed E-state index contributed by atoms with van der Waals surface area (Å²) in [5.41, 5.74) is 2.11. The van der Waals surface area contributed by atoms with E-state index < -0.39 is 5.97 Å². The summed E-state index contributed by atoms with van der Waals surface area (Å²) in [6, 6.07) is 5.34. The van der Waals surface area contributed by atoms with Gasteiger partial charge in [-0.2, -0.15) is 0 Å². The van der Waals surface area contributed by atoms with Crippen LogP contribution < -0.4 is 5.32 Å². The summed E-state index contributed by atoms with van der Waals surface area (Å²) in [4.78, 5) is 10.9. The topological polar surface area (TPSA) is 58.6 Å². The third-order valence-corrected chi connectivity index (χ3v) is 3.56. The second-order valence-corrected chi connectivity index (χ2v) is 4.84. The zero-order chi connectivity index (χ0) is 13.1. The summed E-state index contributed by atoms with van der Waals surface area (Å²) in [6.45, 7) is 5.62. The summed E-state index contributed by atoms with van der Waals surface area (Å²) < 4.78 is 5.51. The van der Waals surface area contributed by atoms with Crippen molar-refractivity contribution in [3.63, 3.8) is 0 Å². The second-order valence-electron chi connectivity index (χ2n) is 4.84. The molecule has 2 rings (SSSR count). The van der Waals surface area contributed by atoms with Gasteiger partial charge >= 0.3 is 5.97 Å². The second kappa shape index (κ2) is 5.40. The molecule has 1 aliphatic rings. The fraction of sp³-hybridized carbons (Fsp3) is 0.500. The van der Waals surface area contributed by atoms with Crippen molar-refractivity contribution >= 4 is 11.7 Å². The minimum atomic E-state index is -0.878. The third-order valence-electron chi connectivity index (χ3n) is 3.56. The number of carboxylic acid groups (broad SMARTS) is 1. The molecule has 0 saturated carbocycles. The van der Waals surface area contributed by atoms with Crippen LogP contribution in [-0.2, 0) is 4.74 Å². The lowest BCUT2D eigenvalue weighted by Gasteiger charge is -2.16. The quantitative estimate of drug-likeness (QED) is 0.861. The molecule has 2 N–H and O–H groups in total. The average molecular weight is 249 g/mol. The summed E-state index contributed by atoms with van der Waals surface area (Å²) in [6.07, 6.45) is 1.39. The number of nitrogens with one attached hydrogen (secondary N) is 1. The molecule has 0 radical (unpaired) electrons. The zero-order valence-corrected chi connectivity index (χ0v) is 10.8. The molecule has 4 nitrogen and oxygen atoms in total. The molecular formula is C14H19NO3. The van der Waals surface area contributed by atoms with Crippen LogP contribution in [-0.4, -0.2) is 30.3 Å². The number of hydrogen-bond donors (Lipinski definition) is 2. The van der Waals surface area contributed by atoms with E-state index in [1.54, 1.807) is 6.07 Å². The zero-order valence-electron chi connectivity index (χ0n) is 10.8. The molecule has 1 aromatic carbocycles. The van der Waals surface area contributed by atoms with Crippen molar-refractivity contribution in [3.8, 4) is 0 Å². The lowest BCUT2D eigenvalue weighted by atomic mass is 10.0. The first-order valence-corrected chi connectivity index (χ1v) is 6.27. The Bertz CT molecular complexity index is 445. The summed E-state index contributed by atoms with van der Waals surface area (Å²) in [5, 5.41) is 12.3. The number of benzene rings is 1. The van der Waals surface area contributed by atoms with Gasteiger partial charge in [0.1, 0.15) is 0 Å². The predicted molar refractivity (Wildman–Crippen MR) is 70.1 cm³/mol. The van der Waals surface area contributed by atoms with Gasteiger partial charge in [-0.3, -0.25) is 0 Å². The molecule has 4 heteroatoms. The fourth-order valence-corrected chi connectivity index (χ4v) is 2.31. The number of aryl methyl sites for hydroxylation is 1. The van der Waals surface area contributed by atoms with Crippen LogP contribution >= 0.6 is 0 Å². The van der Waals surface area contributed by atoms with Crippen LogP contribution in [0.2, 0.25) is 0 Å². The molecule has 0 amide bonds. The number of ether oxygens (including phenoxy) is 1. The van der Waals surface area contributed by atoms with E-state index in [1.807, 2.05) is 19.1 Å². The van der Waals surface area contributed by atoms with Crippen molar-refractivity contribution in [3.05, 3.63) is 29.3 Å². The molecule has 18 heavy (non-hydrogen) atoms. The van der Waals surface area contributed by atoms with Gasteiger partial charge in [0.2, 0.25) is 0 Å². The first-order chi connectivity index (χ1) is 8.58. The van der Waals surface area contributed by atoms with E-state index in [0.29, 0.717) is 17.6 Å². The Labute approximate surface area is 107 Å². The lowest BCUT2D eigenvalue weighted by molar-refractivity contribution is 0.0696. The molecule has 1 heterocycles. The highest BCUT2D eigenvalue weighted by Crippen LogP contribution is 2.22. The van der Waals surface area contributed by atoms with Crippen molar-refractivity contribution in [2.75, 3.05) is 18.5 Å². The molecule has 1 fully saturated rings. The fourth-order valence-electron chi connectivity index (χ4n) is 2.31. The van der Waals surface area contributed by atoms with Crippen LogP contribution in [0.25, 0.3) is 0 Å². The van der Waals surface area contributed by atoms with Crippen LogP contribution in [0.5, 0.6) is 0 Å². The number of aromatic carboxylic acids is 1. The molecule has 2 atom stereocenters. The third kappa shape index (κ3) is 2.82. The Morgan fingerprint density at radius 1 is 1.56 bits per heavy atom. The van der Waals surface area contributed by atoms with E-state index in [4.69, 9.17) is 9.84 Å². The molecule has 0 aliphatic carbocycles. The van der Waals surface area contributed by atoms with Crippen LogP contribution in [0, 0.1) is 12.8 Å². The van der Waals surface area contributed by atoms with E-state index in [-0.39, 0.29) is 0 Å². The first kappa shape index (κ1) is 12.9. The minimum Gasteiger partial charge on any atom is -0.478 e. The van der Waals surface area contributed by atoms with E-state index in [1.165, 1.54) is 0 Å². The number of carboxylic acids is 1. The highest BCUT2D eigenvalue weighted by atomic mass is 16.5. The van der Waals surface area contributed by atoms with Gasteiger partial charge in [0.25, 0.3) is 0 Å². The predicted octanol–water partition coefficient (Wildman–Crippen LogP) is 2.53. The summed E-state index contributed by atoms with van der Waals surface area (Å²) in [5.74, 6) is -0.346. The Hall–Kier alpha value is -1.55. The molecule has 98 valence electrons. The summed E-state index contributed by atoms with van der Waals surface area (Å²) >= 11 is 0. The largest absolute Gasteiger partial charge is 0.478 e. The van der Waals surface area contributed by atoms with Gasteiger partial charge < -0.3 is 15.2 Å². The highest BCUT2D eigenvalue weighted by molar-refractivity contribution is 5.89.